The SMILES string of the molecule is Cc1c(C=Nc2nnc(-c3ccccc3)s2)c(O)n(C)c(=O)c1C#N. The first-order chi connectivity index (χ1) is 12.0. The van der Waals surface area contributed by atoms with Gasteiger partial charge in [-0.25, -0.2) is 4.99 Å². The first-order valence-corrected chi connectivity index (χ1v) is 8.10. The maximum absolute atomic E-state index is 11.9. The molecule has 0 fully saturated rings. The van der Waals surface area contributed by atoms with Gasteiger partial charge in [0.25, 0.3) is 5.56 Å². The van der Waals surface area contributed by atoms with Crippen LogP contribution in [0.4, 0.5) is 5.13 Å². The van der Waals surface area contributed by atoms with Crippen molar-refractivity contribution >= 4 is 22.7 Å². The van der Waals surface area contributed by atoms with E-state index in [0.29, 0.717) is 16.3 Å². The zero-order valence-electron chi connectivity index (χ0n) is 13.5. The lowest BCUT2D eigenvalue weighted by atomic mass is 10.1. The summed E-state index contributed by atoms with van der Waals surface area (Å²) in [5, 5.41) is 28.5. The second-order valence-electron chi connectivity index (χ2n) is 5.23. The van der Waals surface area contributed by atoms with Crippen molar-refractivity contribution in [2.24, 2.45) is 12.0 Å². The van der Waals surface area contributed by atoms with Crippen LogP contribution in [0.2, 0.25) is 0 Å². The van der Waals surface area contributed by atoms with Crippen LogP contribution in [0.5, 0.6) is 5.88 Å². The molecule has 124 valence electrons. The van der Waals surface area contributed by atoms with E-state index in [9.17, 15) is 9.90 Å². The monoisotopic (exact) mass is 351 g/mol. The highest BCUT2D eigenvalue weighted by Crippen LogP contribution is 2.28. The number of benzene rings is 1. The first-order valence-electron chi connectivity index (χ1n) is 7.28. The van der Waals surface area contributed by atoms with E-state index in [-0.39, 0.29) is 11.4 Å². The van der Waals surface area contributed by atoms with Gasteiger partial charge in [-0.05, 0) is 12.5 Å². The van der Waals surface area contributed by atoms with Gasteiger partial charge in [0.1, 0.15) is 16.6 Å². The van der Waals surface area contributed by atoms with E-state index in [1.54, 1.807) is 6.92 Å². The molecule has 0 aliphatic carbocycles. The molecular formula is C17H13N5O2S. The van der Waals surface area contributed by atoms with E-state index < -0.39 is 5.56 Å². The summed E-state index contributed by atoms with van der Waals surface area (Å²) in [5.74, 6) is -0.252. The normalized spacial score (nSPS) is 10.9. The summed E-state index contributed by atoms with van der Waals surface area (Å²) in [6.07, 6.45) is 1.39. The molecule has 7 nitrogen and oxygen atoms in total. The second-order valence-corrected chi connectivity index (χ2v) is 6.18. The Morgan fingerprint density at radius 3 is 2.72 bits per heavy atom. The van der Waals surface area contributed by atoms with Crippen molar-refractivity contribution in [3.8, 4) is 22.5 Å². The Kier molecular flexibility index (Phi) is 4.41. The molecule has 0 spiro atoms. The van der Waals surface area contributed by atoms with Crippen LogP contribution < -0.4 is 5.56 Å². The average molecular weight is 351 g/mol. The molecule has 0 saturated carbocycles. The van der Waals surface area contributed by atoms with Crippen molar-refractivity contribution in [3.05, 3.63) is 57.4 Å². The predicted octanol–water partition coefficient (Wildman–Crippen LogP) is 2.54. The summed E-state index contributed by atoms with van der Waals surface area (Å²) in [5.41, 5.74) is 1.05. The zero-order valence-corrected chi connectivity index (χ0v) is 14.3. The van der Waals surface area contributed by atoms with Crippen molar-refractivity contribution in [3.63, 3.8) is 0 Å². The highest BCUT2D eigenvalue weighted by Gasteiger charge is 2.16. The molecule has 0 radical (unpaired) electrons. The molecule has 2 heterocycles. The van der Waals surface area contributed by atoms with Crippen LogP contribution in [0.3, 0.4) is 0 Å². The van der Waals surface area contributed by atoms with Gasteiger partial charge in [-0.3, -0.25) is 9.36 Å². The quantitative estimate of drug-likeness (QED) is 0.730. The number of rotatable bonds is 3. The number of hydrogen-bond acceptors (Lipinski definition) is 7. The highest BCUT2D eigenvalue weighted by atomic mass is 32.1. The van der Waals surface area contributed by atoms with E-state index >= 15 is 0 Å². The van der Waals surface area contributed by atoms with E-state index in [1.807, 2.05) is 36.4 Å². The minimum absolute atomic E-state index is 0.0241. The summed E-state index contributed by atoms with van der Waals surface area (Å²) < 4.78 is 1.02. The molecule has 8 heteroatoms. The molecule has 0 unspecified atom stereocenters. The van der Waals surface area contributed by atoms with Crippen LogP contribution in [0.1, 0.15) is 16.7 Å². The van der Waals surface area contributed by atoms with Gasteiger partial charge >= 0.3 is 0 Å². The standard InChI is InChI=1S/C17H13N5O2S/c1-10-12(8-18)15(23)22(2)16(24)13(10)9-19-17-21-20-14(25-17)11-6-4-3-5-7-11/h3-7,9,24H,1-2H3. The molecule has 0 amide bonds. The topological polar surface area (TPSA) is 104 Å². The van der Waals surface area contributed by atoms with Gasteiger partial charge < -0.3 is 5.11 Å². The van der Waals surface area contributed by atoms with Gasteiger partial charge in [0, 0.05) is 18.8 Å². The minimum Gasteiger partial charge on any atom is -0.494 e. The van der Waals surface area contributed by atoms with Crippen LogP contribution in [0.25, 0.3) is 10.6 Å². The Labute approximate surface area is 147 Å². The average Bonchev–Trinajstić information content (AvgIpc) is 3.10. The second kappa shape index (κ2) is 6.67. The van der Waals surface area contributed by atoms with E-state index in [0.717, 1.165) is 15.1 Å². The number of hydrogen-bond donors (Lipinski definition) is 1. The lowest BCUT2D eigenvalue weighted by Crippen LogP contribution is -2.22. The molecule has 25 heavy (non-hydrogen) atoms. The molecule has 1 N–H and O–H groups in total. The molecule has 0 atom stereocenters. The number of aromatic hydroxyl groups is 1. The van der Waals surface area contributed by atoms with Crippen LogP contribution in [0, 0.1) is 18.3 Å². The molecular weight excluding hydrogens is 338 g/mol. The van der Waals surface area contributed by atoms with E-state index in [1.165, 1.54) is 24.6 Å². The number of pyridine rings is 1. The summed E-state index contributed by atoms with van der Waals surface area (Å²) >= 11 is 1.30. The summed E-state index contributed by atoms with van der Waals surface area (Å²) in [6, 6.07) is 11.5. The van der Waals surface area contributed by atoms with Gasteiger partial charge in [-0.2, -0.15) is 5.26 Å². The van der Waals surface area contributed by atoms with Gasteiger partial charge in [-0.1, -0.05) is 41.7 Å². The molecule has 3 aromatic rings. The maximum Gasteiger partial charge on any atom is 0.271 e. The number of nitrogens with zero attached hydrogens (tertiary/aromatic N) is 5. The molecule has 0 aliphatic rings. The van der Waals surface area contributed by atoms with Gasteiger partial charge in [-0.15, -0.1) is 10.2 Å². The van der Waals surface area contributed by atoms with Crippen molar-refractivity contribution in [2.75, 3.05) is 0 Å². The highest BCUT2D eigenvalue weighted by molar-refractivity contribution is 7.18. The Bertz CT molecular complexity index is 1060. The van der Waals surface area contributed by atoms with Crippen molar-refractivity contribution in [1.82, 2.24) is 14.8 Å². The summed E-state index contributed by atoms with van der Waals surface area (Å²) in [6.45, 7) is 1.59. The molecule has 3 rings (SSSR count). The lowest BCUT2D eigenvalue weighted by molar-refractivity contribution is 0.421. The third-order valence-electron chi connectivity index (χ3n) is 3.71. The lowest BCUT2D eigenvalue weighted by Gasteiger charge is -2.09. The summed E-state index contributed by atoms with van der Waals surface area (Å²) in [7, 11) is 1.40. The van der Waals surface area contributed by atoms with Crippen LogP contribution in [-0.2, 0) is 7.05 Å². The van der Waals surface area contributed by atoms with Crippen molar-refractivity contribution < 1.29 is 5.11 Å². The van der Waals surface area contributed by atoms with Crippen LogP contribution >= 0.6 is 11.3 Å². The number of aromatic nitrogens is 3. The Balaban J connectivity index is 1.99. The fourth-order valence-electron chi connectivity index (χ4n) is 2.28. The van der Waals surface area contributed by atoms with Crippen LogP contribution in [0.15, 0.2) is 40.1 Å². The number of aliphatic imine (C=N–C) groups is 1. The minimum atomic E-state index is -0.545. The third-order valence-corrected chi connectivity index (χ3v) is 4.59. The largest absolute Gasteiger partial charge is 0.494 e. The smallest absolute Gasteiger partial charge is 0.271 e. The number of nitriles is 1. The summed E-state index contributed by atoms with van der Waals surface area (Å²) in [4.78, 5) is 16.2. The predicted molar refractivity (Wildman–Crippen MR) is 95.4 cm³/mol. The third kappa shape index (κ3) is 3.05. The maximum atomic E-state index is 11.9. The zero-order chi connectivity index (χ0) is 18.0. The van der Waals surface area contributed by atoms with Gasteiger partial charge in [0.2, 0.25) is 11.0 Å². The van der Waals surface area contributed by atoms with Gasteiger partial charge in [0.05, 0.1) is 5.56 Å². The Hall–Kier alpha value is -3.31. The van der Waals surface area contributed by atoms with E-state index in [2.05, 4.69) is 15.2 Å². The molecule has 2 aromatic heterocycles. The fraction of sp³-hybridized carbons (Fsp3) is 0.118. The molecule has 0 saturated heterocycles. The van der Waals surface area contributed by atoms with Gasteiger partial charge in [0.15, 0.2) is 0 Å². The fourth-order valence-corrected chi connectivity index (χ4v) is 2.97. The van der Waals surface area contributed by atoms with E-state index in [4.69, 9.17) is 5.26 Å². The molecule has 1 aromatic carbocycles. The Morgan fingerprint density at radius 2 is 2.04 bits per heavy atom. The van der Waals surface area contributed by atoms with Crippen LogP contribution in [-0.4, -0.2) is 26.1 Å². The van der Waals surface area contributed by atoms with Crippen molar-refractivity contribution in [1.29, 1.82) is 5.26 Å². The molecule has 0 bridgehead atoms. The Morgan fingerprint density at radius 1 is 1.32 bits per heavy atom. The van der Waals surface area contributed by atoms with Crippen molar-refractivity contribution in [2.45, 2.75) is 6.92 Å². The first kappa shape index (κ1) is 16.5. The molecule has 0 aliphatic heterocycles.